The van der Waals surface area contributed by atoms with Gasteiger partial charge in [0.25, 0.3) is 0 Å². The van der Waals surface area contributed by atoms with Crippen molar-refractivity contribution in [2.45, 2.75) is 6.04 Å². The second kappa shape index (κ2) is 8.16. The molecule has 7 heteroatoms. The number of benzene rings is 1. The van der Waals surface area contributed by atoms with Gasteiger partial charge in [-0.2, -0.15) is 0 Å². The number of carbonyl (C=O) groups excluding carboxylic acids is 1. The molecule has 5 nitrogen and oxygen atoms in total. The molecule has 18 heavy (non-hydrogen) atoms. The zero-order valence-electron chi connectivity index (χ0n) is 10.1. The van der Waals surface area contributed by atoms with Crippen LogP contribution in [0.25, 0.3) is 0 Å². The van der Waals surface area contributed by atoms with E-state index in [0.29, 0.717) is 16.5 Å². The van der Waals surface area contributed by atoms with Crippen molar-refractivity contribution in [3.63, 3.8) is 0 Å². The number of rotatable bonds is 5. The van der Waals surface area contributed by atoms with E-state index in [0.717, 1.165) is 0 Å². The van der Waals surface area contributed by atoms with Crippen LogP contribution >= 0.6 is 24.0 Å². The zero-order chi connectivity index (χ0) is 12.8. The Balaban J connectivity index is 0.00000289. The Bertz CT molecular complexity index is 402. The van der Waals surface area contributed by atoms with E-state index in [1.54, 1.807) is 18.2 Å². The maximum atomic E-state index is 11.6. The Kier molecular flexibility index (Phi) is 7.70. The molecule has 102 valence electrons. The predicted molar refractivity (Wildman–Crippen MR) is 73.7 cm³/mol. The molecule has 0 bridgehead atoms. The van der Waals surface area contributed by atoms with Crippen molar-refractivity contribution >= 4 is 35.6 Å². The molecule has 1 atom stereocenters. The maximum absolute atomic E-state index is 11.6. The van der Waals surface area contributed by atoms with E-state index in [9.17, 15) is 4.79 Å². The molecule has 1 unspecified atom stereocenters. The molecule has 0 aliphatic carbocycles. The van der Waals surface area contributed by atoms with Crippen LogP contribution in [0.2, 0.25) is 5.02 Å². The Labute approximate surface area is 117 Å². The summed E-state index contributed by atoms with van der Waals surface area (Å²) in [6, 6.07) is 4.24. The highest BCUT2D eigenvalue weighted by molar-refractivity contribution is 6.32. The third-order valence-electron chi connectivity index (χ3n) is 2.10. The number of amides is 1. The van der Waals surface area contributed by atoms with Crippen molar-refractivity contribution < 1.29 is 14.3 Å². The van der Waals surface area contributed by atoms with Crippen LogP contribution in [0, 0.1) is 0 Å². The van der Waals surface area contributed by atoms with Crippen LogP contribution in [0.15, 0.2) is 18.2 Å². The average molecular weight is 295 g/mol. The highest BCUT2D eigenvalue weighted by atomic mass is 35.5. The van der Waals surface area contributed by atoms with Crippen LogP contribution in [-0.2, 0) is 9.53 Å². The summed E-state index contributed by atoms with van der Waals surface area (Å²) >= 11 is 5.92. The number of nitrogens with two attached hydrogens (primary N) is 1. The molecule has 1 aromatic carbocycles. The molecule has 1 amide bonds. The van der Waals surface area contributed by atoms with Gasteiger partial charge in [0.05, 0.1) is 18.7 Å². The van der Waals surface area contributed by atoms with Crippen LogP contribution in [0.5, 0.6) is 5.75 Å². The van der Waals surface area contributed by atoms with Gasteiger partial charge in [-0.25, -0.2) is 0 Å². The number of hydrogen-bond acceptors (Lipinski definition) is 4. The van der Waals surface area contributed by atoms with E-state index < -0.39 is 6.04 Å². The number of carbonyl (C=O) groups is 1. The van der Waals surface area contributed by atoms with E-state index in [-0.39, 0.29) is 24.9 Å². The van der Waals surface area contributed by atoms with E-state index in [1.807, 2.05) is 0 Å². The monoisotopic (exact) mass is 294 g/mol. The molecule has 0 heterocycles. The Morgan fingerprint density at radius 3 is 2.67 bits per heavy atom. The number of methoxy groups -OCH3 is 2. The number of halogens is 2. The third-order valence-corrected chi connectivity index (χ3v) is 2.40. The fourth-order valence-electron chi connectivity index (χ4n) is 1.23. The van der Waals surface area contributed by atoms with Crippen molar-refractivity contribution in [1.82, 2.24) is 0 Å². The zero-order valence-corrected chi connectivity index (χ0v) is 11.7. The van der Waals surface area contributed by atoms with Crippen LogP contribution in [0.4, 0.5) is 5.69 Å². The largest absolute Gasteiger partial charge is 0.495 e. The minimum Gasteiger partial charge on any atom is -0.495 e. The van der Waals surface area contributed by atoms with E-state index in [1.165, 1.54) is 14.2 Å². The molecular weight excluding hydrogens is 279 g/mol. The summed E-state index contributed by atoms with van der Waals surface area (Å²) in [6.07, 6.45) is 0. The summed E-state index contributed by atoms with van der Waals surface area (Å²) < 4.78 is 9.79. The first-order valence-electron chi connectivity index (χ1n) is 4.97. The first-order chi connectivity index (χ1) is 8.08. The average Bonchev–Trinajstić information content (AvgIpc) is 2.29. The van der Waals surface area contributed by atoms with Gasteiger partial charge in [0.15, 0.2) is 0 Å². The van der Waals surface area contributed by atoms with Crippen molar-refractivity contribution in [2.75, 3.05) is 26.1 Å². The molecular formula is C11H16Cl2N2O3. The van der Waals surface area contributed by atoms with Gasteiger partial charge in [0.2, 0.25) is 5.91 Å². The minimum atomic E-state index is -0.708. The van der Waals surface area contributed by atoms with Gasteiger partial charge in [-0.05, 0) is 18.2 Å². The lowest BCUT2D eigenvalue weighted by atomic mass is 10.2. The summed E-state index contributed by atoms with van der Waals surface area (Å²) in [7, 11) is 3.01. The number of hydrogen-bond donors (Lipinski definition) is 2. The molecule has 1 rings (SSSR count). The molecule has 3 N–H and O–H groups in total. The predicted octanol–water partition coefficient (Wildman–Crippen LogP) is 1.68. The Hall–Kier alpha value is -1.01. The molecule has 0 saturated carbocycles. The highest BCUT2D eigenvalue weighted by Crippen LogP contribution is 2.27. The quantitative estimate of drug-likeness (QED) is 0.867. The van der Waals surface area contributed by atoms with Gasteiger partial charge in [-0.3, -0.25) is 4.79 Å². The summed E-state index contributed by atoms with van der Waals surface area (Å²) in [6.45, 7) is 0.162. The highest BCUT2D eigenvalue weighted by Gasteiger charge is 2.13. The molecule has 0 saturated heterocycles. The lowest BCUT2D eigenvalue weighted by Crippen LogP contribution is -2.39. The van der Waals surface area contributed by atoms with Crippen LogP contribution in [0.3, 0.4) is 0 Å². The summed E-state index contributed by atoms with van der Waals surface area (Å²) in [4.78, 5) is 11.6. The molecule has 0 aliphatic heterocycles. The normalized spacial score (nSPS) is 11.3. The van der Waals surface area contributed by atoms with Gasteiger partial charge < -0.3 is 20.5 Å². The third kappa shape index (κ3) is 4.70. The van der Waals surface area contributed by atoms with Gasteiger partial charge >= 0.3 is 0 Å². The molecule has 0 radical (unpaired) electrons. The molecule has 0 fully saturated rings. The minimum absolute atomic E-state index is 0. The lowest BCUT2D eigenvalue weighted by Gasteiger charge is -2.12. The first kappa shape index (κ1) is 17.0. The van der Waals surface area contributed by atoms with Crippen molar-refractivity contribution in [2.24, 2.45) is 5.73 Å². The second-order valence-electron chi connectivity index (χ2n) is 3.40. The Morgan fingerprint density at radius 2 is 2.17 bits per heavy atom. The first-order valence-corrected chi connectivity index (χ1v) is 5.35. The number of nitrogens with one attached hydrogen (secondary N) is 1. The fraction of sp³-hybridized carbons (Fsp3) is 0.364. The van der Waals surface area contributed by atoms with Crippen molar-refractivity contribution in [3.05, 3.63) is 23.2 Å². The summed E-state index contributed by atoms with van der Waals surface area (Å²) in [5.74, 6) is 0.221. The van der Waals surface area contributed by atoms with Gasteiger partial charge in [-0.15, -0.1) is 12.4 Å². The van der Waals surface area contributed by atoms with Crippen LogP contribution in [-0.4, -0.2) is 32.8 Å². The summed E-state index contributed by atoms with van der Waals surface area (Å²) in [5, 5.41) is 3.06. The molecule has 0 aromatic heterocycles. The standard InChI is InChI=1S/C11H15ClN2O3.ClH/c1-16-6-9(13)11(15)14-7-3-4-10(17-2)8(12)5-7;/h3-5,9H,6,13H2,1-2H3,(H,14,15);1H. The number of ether oxygens (including phenoxy) is 2. The van der Waals surface area contributed by atoms with Gasteiger partial charge in [0.1, 0.15) is 11.8 Å². The van der Waals surface area contributed by atoms with Crippen molar-refractivity contribution in [1.29, 1.82) is 0 Å². The smallest absolute Gasteiger partial charge is 0.243 e. The molecule has 0 spiro atoms. The van der Waals surface area contributed by atoms with Gasteiger partial charge in [0, 0.05) is 12.8 Å². The molecule has 0 aliphatic rings. The molecule has 1 aromatic rings. The van der Waals surface area contributed by atoms with Crippen LogP contribution in [0.1, 0.15) is 0 Å². The van der Waals surface area contributed by atoms with Crippen LogP contribution < -0.4 is 15.8 Å². The summed E-state index contributed by atoms with van der Waals surface area (Å²) in [5.41, 5.74) is 6.14. The van der Waals surface area contributed by atoms with E-state index >= 15 is 0 Å². The van der Waals surface area contributed by atoms with Crippen molar-refractivity contribution in [3.8, 4) is 5.75 Å². The van der Waals surface area contributed by atoms with E-state index in [4.69, 9.17) is 26.8 Å². The SMILES string of the molecule is COCC(N)C(=O)Nc1ccc(OC)c(Cl)c1.Cl. The number of anilines is 1. The maximum Gasteiger partial charge on any atom is 0.243 e. The second-order valence-corrected chi connectivity index (χ2v) is 3.81. The fourth-order valence-corrected chi connectivity index (χ4v) is 1.49. The Morgan fingerprint density at radius 1 is 1.50 bits per heavy atom. The topological polar surface area (TPSA) is 73.6 Å². The van der Waals surface area contributed by atoms with E-state index in [2.05, 4.69) is 5.32 Å². The van der Waals surface area contributed by atoms with Gasteiger partial charge in [-0.1, -0.05) is 11.6 Å². The lowest BCUT2D eigenvalue weighted by molar-refractivity contribution is -0.118.